The molecule has 2 nitrogen and oxygen atoms in total. The normalized spacial score (nSPS) is 32.2. The van der Waals surface area contributed by atoms with Crippen LogP contribution in [-0.4, -0.2) is 16.5 Å². The molecule has 1 N–H and O–H groups in total. The molecule has 0 aromatic heterocycles. The third-order valence-electron chi connectivity index (χ3n) is 4.43. The Morgan fingerprint density at radius 2 is 1.94 bits per heavy atom. The Kier molecular flexibility index (Phi) is 4.19. The topological polar surface area (TPSA) is 37.3 Å². The molecule has 1 aliphatic rings. The predicted molar refractivity (Wildman–Crippen MR) is 70.8 cm³/mol. The lowest BCUT2D eigenvalue weighted by atomic mass is 9.60. The van der Waals surface area contributed by atoms with Crippen molar-refractivity contribution >= 4 is 5.78 Å². The van der Waals surface area contributed by atoms with E-state index in [-0.39, 0.29) is 17.1 Å². The molecular formula is C15H26O2. The zero-order chi connectivity index (χ0) is 13.3. The number of carbonyl (C=O) groups is 1. The minimum atomic E-state index is -0.598. The number of hydrogen-bond acceptors (Lipinski definition) is 2. The third-order valence-corrected chi connectivity index (χ3v) is 4.43. The molecule has 2 atom stereocenters. The van der Waals surface area contributed by atoms with Gasteiger partial charge in [0.15, 0.2) is 5.78 Å². The Morgan fingerprint density at radius 1 is 1.35 bits per heavy atom. The van der Waals surface area contributed by atoms with Gasteiger partial charge < -0.3 is 5.11 Å². The van der Waals surface area contributed by atoms with Crippen LogP contribution in [-0.2, 0) is 4.79 Å². The van der Waals surface area contributed by atoms with Crippen molar-refractivity contribution in [1.29, 1.82) is 0 Å². The molecule has 1 aliphatic carbocycles. The van der Waals surface area contributed by atoms with Crippen LogP contribution in [0.15, 0.2) is 12.2 Å². The van der Waals surface area contributed by atoms with E-state index in [2.05, 4.69) is 20.4 Å². The number of rotatable bonds is 4. The first-order valence-electron chi connectivity index (χ1n) is 6.58. The molecule has 98 valence electrons. The van der Waals surface area contributed by atoms with Gasteiger partial charge in [-0.15, -0.1) is 0 Å². The highest BCUT2D eigenvalue weighted by Crippen LogP contribution is 2.48. The zero-order valence-electron chi connectivity index (χ0n) is 11.7. The van der Waals surface area contributed by atoms with Crippen molar-refractivity contribution in [2.24, 2.45) is 11.3 Å². The van der Waals surface area contributed by atoms with Crippen LogP contribution in [0.25, 0.3) is 0 Å². The molecular weight excluding hydrogens is 212 g/mol. The average Bonchev–Trinajstić information content (AvgIpc) is 2.14. The van der Waals surface area contributed by atoms with Crippen LogP contribution in [0.1, 0.15) is 59.8 Å². The summed E-state index contributed by atoms with van der Waals surface area (Å²) in [6, 6.07) is 0. The molecule has 0 aromatic rings. The van der Waals surface area contributed by atoms with Gasteiger partial charge >= 0.3 is 0 Å². The Labute approximate surface area is 105 Å². The molecule has 1 rings (SSSR count). The second-order valence-corrected chi connectivity index (χ2v) is 6.45. The molecule has 1 fully saturated rings. The molecule has 0 unspecified atom stereocenters. The molecule has 0 aromatic carbocycles. The van der Waals surface area contributed by atoms with E-state index in [9.17, 15) is 9.90 Å². The van der Waals surface area contributed by atoms with E-state index >= 15 is 0 Å². The van der Waals surface area contributed by atoms with Gasteiger partial charge in [-0.05, 0) is 56.4 Å². The van der Waals surface area contributed by atoms with E-state index in [1.807, 2.05) is 6.92 Å². The third kappa shape index (κ3) is 3.41. The first-order chi connectivity index (χ1) is 7.67. The van der Waals surface area contributed by atoms with Gasteiger partial charge in [0, 0.05) is 0 Å². The maximum atomic E-state index is 11.2. The summed E-state index contributed by atoms with van der Waals surface area (Å²) in [7, 11) is 0. The van der Waals surface area contributed by atoms with Gasteiger partial charge in [0.05, 0.1) is 5.60 Å². The van der Waals surface area contributed by atoms with Crippen LogP contribution in [0.4, 0.5) is 0 Å². The van der Waals surface area contributed by atoms with E-state index < -0.39 is 5.60 Å². The van der Waals surface area contributed by atoms with Crippen molar-refractivity contribution in [3.63, 3.8) is 0 Å². The van der Waals surface area contributed by atoms with Crippen LogP contribution in [0.5, 0.6) is 0 Å². The molecule has 0 bridgehead atoms. The van der Waals surface area contributed by atoms with Crippen molar-refractivity contribution in [1.82, 2.24) is 0 Å². The summed E-state index contributed by atoms with van der Waals surface area (Å²) in [4.78, 5) is 11.2. The summed E-state index contributed by atoms with van der Waals surface area (Å²) < 4.78 is 0. The van der Waals surface area contributed by atoms with Gasteiger partial charge in [0.2, 0.25) is 0 Å². The number of ketones is 1. The lowest BCUT2D eigenvalue weighted by Gasteiger charge is -2.48. The fraction of sp³-hybridized carbons (Fsp3) is 0.800. The number of hydrogen-bond donors (Lipinski definition) is 1. The van der Waals surface area contributed by atoms with Crippen LogP contribution in [0.3, 0.4) is 0 Å². The number of Topliss-reactive ketones (excluding diaryl/α,β-unsaturated/α-hetero) is 1. The number of allylic oxidation sites excluding steroid dienone is 1. The zero-order valence-corrected chi connectivity index (χ0v) is 11.7. The van der Waals surface area contributed by atoms with Crippen molar-refractivity contribution in [3.8, 4) is 0 Å². The number of aliphatic hydroxyl groups is 1. The highest BCUT2D eigenvalue weighted by molar-refractivity contribution is 5.92. The Hall–Kier alpha value is -0.630. The highest BCUT2D eigenvalue weighted by atomic mass is 16.3. The molecule has 0 spiro atoms. The summed E-state index contributed by atoms with van der Waals surface area (Å²) >= 11 is 0. The van der Waals surface area contributed by atoms with Crippen molar-refractivity contribution in [2.75, 3.05) is 0 Å². The molecule has 0 saturated heterocycles. The van der Waals surface area contributed by atoms with Gasteiger partial charge in [0.1, 0.15) is 0 Å². The highest BCUT2D eigenvalue weighted by Gasteiger charge is 2.44. The molecule has 0 heterocycles. The van der Waals surface area contributed by atoms with E-state index in [1.165, 1.54) is 0 Å². The van der Waals surface area contributed by atoms with Gasteiger partial charge in [-0.25, -0.2) is 0 Å². The summed E-state index contributed by atoms with van der Waals surface area (Å²) in [6.07, 6.45) is 4.68. The molecule has 2 heteroatoms. The summed E-state index contributed by atoms with van der Waals surface area (Å²) in [5, 5.41) is 10.5. The quantitative estimate of drug-likeness (QED) is 0.761. The molecule has 1 saturated carbocycles. The largest absolute Gasteiger partial charge is 0.390 e. The molecule has 0 amide bonds. The maximum Gasteiger partial charge on any atom is 0.155 e. The standard InChI is InChI=1S/C15H26O2/c1-11(12(2)16)7-8-13-14(3,4)9-6-10-15(13,5)17/h13,17H,1,6-10H2,2-5H3/t13-,15+/m0/s1. The second-order valence-electron chi connectivity index (χ2n) is 6.45. The molecule has 17 heavy (non-hydrogen) atoms. The van der Waals surface area contributed by atoms with E-state index in [4.69, 9.17) is 0 Å². The Morgan fingerprint density at radius 3 is 2.41 bits per heavy atom. The van der Waals surface area contributed by atoms with Crippen LogP contribution in [0.2, 0.25) is 0 Å². The van der Waals surface area contributed by atoms with Gasteiger partial charge in [-0.1, -0.05) is 26.8 Å². The first kappa shape index (κ1) is 14.4. The lowest BCUT2D eigenvalue weighted by Crippen LogP contribution is -2.47. The summed E-state index contributed by atoms with van der Waals surface area (Å²) in [5.41, 5.74) is 0.236. The van der Waals surface area contributed by atoms with Gasteiger partial charge in [0.25, 0.3) is 0 Å². The smallest absolute Gasteiger partial charge is 0.155 e. The van der Waals surface area contributed by atoms with Crippen LogP contribution < -0.4 is 0 Å². The van der Waals surface area contributed by atoms with Crippen molar-refractivity contribution in [3.05, 3.63) is 12.2 Å². The fourth-order valence-corrected chi connectivity index (χ4v) is 3.29. The lowest BCUT2D eigenvalue weighted by molar-refractivity contribution is -0.114. The maximum absolute atomic E-state index is 11.2. The van der Waals surface area contributed by atoms with E-state index in [0.29, 0.717) is 12.0 Å². The SMILES string of the molecule is C=C(CC[C@H]1C(C)(C)CCC[C@@]1(C)O)C(C)=O. The predicted octanol–water partition coefficient (Wildman–Crippen LogP) is 3.49. The number of carbonyl (C=O) groups excluding carboxylic acids is 1. The van der Waals surface area contributed by atoms with Crippen LogP contribution in [0, 0.1) is 11.3 Å². The second kappa shape index (κ2) is 4.93. The minimum Gasteiger partial charge on any atom is -0.390 e. The molecule has 0 radical (unpaired) electrons. The van der Waals surface area contributed by atoms with Crippen molar-refractivity contribution < 1.29 is 9.90 Å². The Balaban J connectivity index is 2.71. The van der Waals surface area contributed by atoms with Gasteiger partial charge in [-0.2, -0.15) is 0 Å². The van der Waals surface area contributed by atoms with Crippen molar-refractivity contribution in [2.45, 2.75) is 65.4 Å². The fourth-order valence-electron chi connectivity index (χ4n) is 3.29. The minimum absolute atomic E-state index is 0.0678. The van der Waals surface area contributed by atoms with Crippen LogP contribution >= 0.6 is 0 Å². The Bertz CT molecular complexity index is 297. The average molecular weight is 238 g/mol. The van der Waals surface area contributed by atoms with E-state index in [1.54, 1.807) is 6.92 Å². The summed E-state index contributed by atoms with van der Waals surface area (Å²) in [6.45, 7) is 11.8. The first-order valence-corrected chi connectivity index (χ1v) is 6.58. The van der Waals surface area contributed by atoms with Gasteiger partial charge in [-0.3, -0.25) is 4.79 Å². The monoisotopic (exact) mass is 238 g/mol. The van der Waals surface area contributed by atoms with E-state index in [0.717, 1.165) is 25.7 Å². The molecule has 0 aliphatic heterocycles. The summed E-state index contributed by atoms with van der Waals surface area (Å²) in [5.74, 6) is 0.318.